The largest absolute Gasteiger partial charge is 0.300 e. The molecule has 0 aromatic heterocycles. The molecule has 0 unspecified atom stereocenters. The van der Waals surface area contributed by atoms with Crippen LogP contribution in [0.4, 0.5) is 0 Å². The number of rotatable bonds is 3. The van der Waals surface area contributed by atoms with Crippen molar-refractivity contribution in [1.82, 2.24) is 9.21 Å². The van der Waals surface area contributed by atoms with Gasteiger partial charge in [-0.05, 0) is 65.1 Å². The molecule has 3 rings (SSSR count). The normalized spacial score (nSPS) is 25.6. The molecule has 134 valence electrons. The molecule has 0 amide bonds. The molecule has 5 heteroatoms. The molecular weight excluding hydrogens is 320 g/mol. The molecule has 24 heavy (non-hydrogen) atoms. The Morgan fingerprint density at radius 3 is 2.21 bits per heavy atom. The van der Waals surface area contributed by atoms with Crippen molar-refractivity contribution in [2.45, 2.75) is 58.9 Å². The summed E-state index contributed by atoms with van der Waals surface area (Å²) in [6, 6.07) is 0.576. The van der Waals surface area contributed by atoms with Crippen LogP contribution in [0, 0.1) is 0 Å². The van der Waals surface area contributed by atoms with Crippen LogP contribution < -0.4 is 0 Å². The van der Waals surface area contributed by atoms with Crippen LogP contribution >= 0.6 is 0 Å². The summed E-state index contributed by atoms with van der Waals surface area (Å²) in [5.41, 5.74) is 3.14. The second-order valence-corrected chi connectivity index (χ2v) is 9.50. The maximum Gasteiger partial charge on any atom is 0.239 e. The first-order valence-electron chi connectivity index (χ1n) is 9.17. The second kappa shape index (κ2) is 7.14. The van der Waals surface area contributed by atoms with E-state index in [9.17, 15) is 8.42 Å². The highest BCUT2D eigenvalue weighted by atomic mass is 32.2. The number of likely N-dealkylation sites (tertiary alicyclic amines) is 1. The van der Waals surface area contributed by atoms with Crippen molar-refractivity contribution < 1.29 is 8.42 Å². The van der Waals surface area contributed by atoms with E-state index in [1.807, 2.05) is 26.8 Å². The molecule has 0 radical (unpaired) electrons. The summed E-state index contributed by atoms with van der Waals surface area (Å²) in [4.78, 5) is 3.15. The summed E-state index contributed by atoms with van der Waals surface area (Å²) >= 11 is 0. The van der Waals surface area contributed by atoms with Gasteiger partial charge in [0.15, 0.2) is 0 Å². The Morgan fingerprint density at radius 1 is 0.958 bits per heavy atom. The summed E-state index contributed by atoms with van der Waals surface area (Å²) in [6.07, 6.45) is 9.15. The smallest absolute Gasteiger partial charge is 0.239 e. The van der Waals surface area contributed by atoms with Crippen molar-refractivity contribution in [1.29, 1.82) is 0 Å². The minimum absolute atomic E-state index is 0.536. The van der Waals surface area contributed by atoms with Gasteiger partial charge in [-0.1, -0.05) is 23.3 Å². The zero-order valence-electron chi connectivity index (χ0n) is 15.2. The Morgan fingerprint density at radius 2 is 1.58 bits per heavy atom. The predicted molar refractivity (Wildman–Crippen MR) is 99.2 cm³/mol. The van der Waals surface area contributed by atoms with Gasteiger partial charge in [0.05, 0.1) is 4.91 Å². The first kappa shape index (κ1) is 17.9. The average molecular weight is 351 g/mol. The van der Waals surface area contributed by atoms with E-state index >= 15 is 0 Å². The van der Waals surface area contributed by atoms with Crippen LogP contribution in [0.3, 0.4) is 0 Å². The molecule has 0 spiro atoms. The van der Waals surface area contributed by atoms with Gasteiger partial charge in [0.25, 0.3) is 0 Å². The minimum Gasteiger partial charge on any atom is -0.300 e. The van der Waals surface area contributed by atoms with Gasteiger partial charge in [-0.3, -0.25) is 0 Å². The molecule has 2 aliphatic heterocycles. The van der Waals surface area contributed by atoms with E-state index in [-0.39, 0.29) is 0 Å². The molecule has 0 aromatic rings. The molecule has 2 heterocycles. The third kappa shape index (κ3) is 3.68. The van der Waals surface area contributed by atoms with Gasteiger partial charge in [-0.15, -0.1) is 0 Å². The molecule has 4 nitrogen and oxygen atoms in total. The highest BCUT2D eigenvalue weighted by Crippen LogP contribution is 2.31. The predicted octanol–water partition coefficient (Wildman–Crippen LogP) is 3.45. The van der Waals surface area contributed by atoms with Crippen molar-refractivity contribution in [3.05, 3.63) is 33.8 Å². The molecule has 0 saturated carbocycles. The van der Waals surface area contributed by atoms with Crippen LogP contribution in [0.2, 0.25) is 0 Å². The van der Waals surface area contributed by atoms with Gasteiger partial charge in [-0.2, -0.15) is 4.31 Å². The first-order valence-corrected chi connectivity index (χ1v) is 10.6. The van der Waals surface area contributed by atoms with E-state index in [1.54, 1.807) is 4.31 Å². The molecule has 3 aliphatic rings. The number of nitrogens with zero attached hydrogens (tertiary/aromatic N) is 2. The Bertz CT molecular complexity index is 674. The van der Waals surface area contributed by atoms with Gasteiger partial charge in [0.2, 0.25) is 10.0 Å². The zero-order chi connectivity index (χ0) is 17.3. The Kier molecular flexibility index (Phi) is 5.33. The fourth-order valence-electron chi connectivity index (χ4n) is 4.30. The van der Waals surface area contributed by atoms with E-state index in [2.05, 4.69) is 11.0 Å². The lowest BCUT2D eigenvalue weighted by molar-refractivity contribution is 0.168. The van der Waals surface area contributed by atoms with E-state index in [1.165, 1.54) is 25.9 Å². The Labute approximate surface area is 147 Å². The summed E-state index contributed by atoms with van der Waals surface area (Å²) in [5.74, 6) is 0. The monoisotopic (exact) mass is 350 g/mol. The van der Waals surface area contributed by atoms with Crippen molar-refractivity contribution >= 4 is 10.0 Å². The van der Waals surface area contributed by atoms with E-state index in [0.717, 1.165) is 29.6 Å². The van der Waals surface area contributed by atoms with Crippen molar-refractivity contribution in [2.75, 3.05) is 26.2 Å². The number of piperidine rings is 1. The minimum atomic E-state index is -3.35. The van der Waals surface area contributed by atoms with Gasteiger partial charge in [0.1, 0.15) is 0 Å². The van der Waals surface area contributed by atoms with Crippen LogP contribution in [-0.4, -0.2) is 49.8 Å². The lowest BCUT2D eigenvalue weighted by atomic mass is 10.1. The van der Waals surface area contributed by atoms with E-state index in [0.29, 0.717) is 30.5 Å². The van der Waals surface area contributed by atoms with Crippen LogP contribution in [0.25, 0.3) is 0 Å². The lowest BCUT2D eigenvalue weighted by Gasteiger charge is -2.36. The Hall–Kier alpha value is -0.910. The number of allylic oxidation sites excluding steroid dienone is 6. The molecule has 0 aromatic carbocycles. The maximum absolute atomic E-state index is 13.2. The SMILES string of the molecule is CC1=CC(C)=C(S(=O)(=O)N2CCC(N3CCCC3)CC2)CC(C)=C1. The topological polar surface area (TPSA) is 40.6 Å². The van der Waals surface area contributed by atoms with E-state index < -0.39 is 10.0 Å². The third-order valence-electron chi connectivity index (χ3n) is 5.53. The standard InChI is InChI=1S/C19H30N2O2S/c1-15-12-16(2)14-19(17(3)13-15)24(22,23)21-10-6-18(7-11-21)20-8-4-5-9-20/h12-13,18H,4-11,14H2,1-3H3. The van der Waals surface area contributed by atoms with Crippen molar-refractivity contribution in [3.8, 4) is 0 Å². The fraction of sp³-hybridized carbons (Fsp3) is 0.684. The third-order valence-corrected chi connectivity index (χ3v) is 7.66. The maximum atomic E-state index is 13.2. The van der Waals surface area contributed by atoms with Gasteiger partial charge >= 0.3 is 0 Å². The molecule has 0 N–H and O–H groups in total. The number of hydrogen-bond acceptors (Lipinski definition) is 3. The highest BCUT2D eigenvalue weighted by Gasteiger charge is 2.34. The lowest BCUT2D eigenvalue weighted by Crippen LogP contribution is -2.46. The highest BCUT2D eigenvalue weighted by molar-refractivity contribution is 7.93. The quantitative estimate of drug-likeness (QED) is 0.783. The first-order chi connectivity index (χ1) is 11.4. The Balaban J connectivity index is 1.74. The zero-order valence-corrected chi connectivity index (χ0v) is 16.0. The number of hydrogen-bond donors (Lipinski definition) is 0. The fourth-order valence-corrected chi connectivity index (χ4v) is 6.18. The second-order valence-electron chi connectivity index (χ2n) is 7.54. The summed E-state index contributed by atoms with van der Waals surface area (Å²) < 4.78 is 28.1. The summed E-state index contributed by atoms with van der Waals surface area (Å²) in [5, 5.41) is 0. The number of sulfonamides is 1. The summed E-state index contributed by atoms with van der Waals surface area (Å²) in [7, 11) is -3.35. The van der Waals surface area contributed by atoms with Gasteiger partial charge < -0.3 is 4.90 Å². The van der Waals surface area contributed by atoms with Crippen LogP contribution in [0.15, 0.2) is 33.8 Å². The van der Waals surface area contributed by atoms with Crippen LogP contribution in [0.5, 0.6) is 0 Å². The molecule has 2 fully saturated rings. The van der Waals surface area contributed by atoms with Crippen molar-refractivity contribution in [2.24, 2.45) is 0 Å². The van der Waals surface area contributed by atoms with Crippen LogP contribution in [-0.2, 0) is 10.0 Å². The van der Waals surface area contributed by atoms with E-state index in [4.69, 9.17) is 0 Å². The molecule has 0 bridgehead atoms. The van der Waals surface area contributed by atoms with Gasteiger partial charge in [-0.25, -0.2) is 8.42 Å². The van der Waals surface area contributed by atoms with Gasteiger partial charge in [0, 0.05) is 25.6 Å². The average Bonchev–Trinajstić information content (AvgIpc) is 3.02. The molecule has 2 saturated heterocycles. The molecular formula is C19H30N2O2S. The van der Waals surface area contributed by atoms with Crippen molar-refractivity contribution in [3.63, 3.8) is 0 Å². The molecule has 0 atom stereocenters. The van der Waals surface area contributed by atoms with Crippen LogP contribution in [0.1, 0.15) is 52.9 Å². The molecule has 1 aliphatic carbocycles. The summed E-state index contributed by atoms with van der Waals surface area (Å²) in [6.45, 7) is 9.68.